The molecule has 18 heavy (non-hydrogen) atoms. The molecule has 92 valence electrons. The van der Waals surface area contributed by atoms with E-state index < -0.39 is 5.82 Å². The fraction of sp³-hybridized carbons (Fsp3) is 0.267. The van der Waals surface area contributed by atoms with E-state index in [0.717, 1.165) is 5.56 Å². The van der Waals surface area contributed by atoms with Gasteiger partial charge >= 0.3 is 0 Å². The summed E-state index contributed by atoms with van der Waals surface area (Å²) < 4.78 is 12.9. The van der Waals surface area contributed by atoms with Crippen LogP contribution in [0.25, 0.3) is 11.3 Å². The van der Waals surface area contributed by atoms with Gasteiger partial charge in [0, 0.05) is 11.6 Å². The average molecular weight is 242 g/mol. The molecule has 0 spiro atoms. The maximum Gasteiger partial charge on any atom is 0.143 e. The van der Waals surface area contributed by atoms with Gasteiger partial charge in [-0.2, -0.15) is 0 Å². The maximum absolute atomic E-state index is 12.9. The third-order valence-electron chi connectivity index (χ3n) is 3.74. The Morgan fingerprint density at radius 3 is 2.44 bits per heavy atom. The van der Waals surface area contributed by atoms with Gasteiger partial charge in [0.05, 0.1) is 17.6 Å². The number of nitrogen functional groups attached to an aromatic ring is 1. The highest BCUT2D eigenvalue weighted by atomic mass is 19.1. The number of hydrogen-bond donors (Lipinski definition) is 1. The third-order valence-corrected chi connectivity index (χ3v) is 3.74. The van der Waals surface area contributed by atoms with Gasteiger partial charge in [0.2, 0.25) is 0 Å². The molecule has 0 amide bonds. The first-order chi connectivity index (χ1) is 8.58. The summed E-state index contributed by atoms with van der Waals surface area (Å²) in [4.78, 5) is 4.06. The van der Waals surface area contributed by atoms with Crippen molar-refractivity contribution in [3.8, 4) is 11.3 Å². The molecule has 0 aliphatic heterocycles. The van der Waals surface area contributed by atoms with Crippen molar-refractivity contribution < 1.29 is 4.39 Å². The first-order valence-corrected chi connectivity index (χ1v) is 6.10. The Labute approximate surface area is 106 Å². The predicted octanol–water partition coefficient (Wildman–Crippen LogP) is 3.52. The van der Waals surface area contributed by atoms with Crippen molar-refractivity contribution in [3.05, 3.63) is 47.9 Å². The molecule has 1 saturated carbocycles. The highest BCUT2D eigenvalue weighted by Crippen LogP contribution is 2.47. The van der Waals surface area contributed by atoms with Gasteiger partial charge in [-0.1, -0.05) is 31.2 Å². The van der Waals surface area contributed by atoms with Crippen LogP contribution in [0.3, 0.4) is 0 Å². The smallest absolute Gasteiger partial charge is 0.143 e. The summed E-state index contributed by atoms with van der Waals surface area (Å²) in [6, 6.07) is 9.56. The minimum Gasteiger partial charge on any atom is -0.397 e. The Morgan fingerprint density at radius 2 is 1.89 bits per heavy atom. The Hall–Kier alpha value is -1.90. The standard InChI is InChI=1S/C15H15FN2/c1-15(6-7-15)11-4-2-10(3-5-11)14-13(17)8-12(16)9-18-14/h2-5,8-9H,6-7,17H2,1H3. The van der Waals surface area contributed by atoms with Gasteiger partial charge in [0.15, 0.2) is 0 Å². The summed E-state index contributed by atoms with van der Waals surface area (Å²) in [5.74, 6) is -0.404. The molecule has 0 radical (unpaired) electrons. The Kier molecular flexibility index (Phi) is 2.37. The Bertz CT molecular complexity index is 586. The van der Waals surface area contributed by atoms with E-state index in [-0.39, 0.29) is 0 Å². The molecule has 0 bridgehead atoms. The molecule has 2 N–H and O–H groups in total. The van der Waals surface area contributed by atoms with E-state index in [9.17, 15) is 4.39 Å². The number of hydrogen-bond acceptors (Lipinski definition) is 2. The first kappa shape index (κ1) is 11.2. The zero-order chi connectivity index (χ0) is 12.8. The van der Waals surface area contributed by atoms with E-state index >= 15 is 0 Å². The van der Waals surface area contributed by atoms with E-state index in [0.29, 0.717) is 16.8 Å². The maximum atomic E-state index is 12.9. The molecule has 3 heteroatoms. The van der Waals surface area contributed by atoms with Crippen molar-refractivity contribution in [3.63, 3.8) is 0 Å². The third kappa shape index (κ3) is 1.86. The Balaban J connectivity index is 1.97. The van der Waals surface area contributed by atoms with Gasteiger partial charge < -0.3 is 5.73 Å². The number of anilines is 1. The summed E-state index contributed by atoms with van der Waals surface area (Å²) in [6.07, 6.45) is 3.70. The predicted molar refractivity (Wildman–Crippen MR) is 70.6 cm³/mol. The number of nitrogens with zero attached hydrogens (tertiary/aromatic N) is 1. The largest absolute Gasteiger partial charge is 0.397 e. The van der Waals surface area contributed by atoms with Gasteiger partial charge in [-0.3, -0.25) is 4.98 Å². The second-order valence-electron chi connectivity index (χ2n) is 5.23. The number of nitrogens with two attached hydrogens (primary N) is 1. The fourth-order valence-corrected chi connectivity index (χ4v) is 2.20. The first-order valence-electron chi connectivity index (χ1n) is 6.10. The van der Waals surface area contributed by atoms with Crippen LogP contribution in [0.1, 0.15) is 25.3 Å². The van der Waals surface area contributed by atoms with E-state index in [1.165, 1.54) is 30.7 Å². The Morgan fingerprint density at radius 1 is 1.22 bits per heavy atom. The lowest BCUT2D eigenvalue weighted by molar-refractivity contribution is 0.622. The van der Waals surface area contributed by atoms with Gasteiger partial charge in [0.25, 0.3) is 0 Å². The van der Waals surface area contributed by atoms with Crippen molar-refractivity contribution in [2.24, 2.45) is 0 Å². The molecular formula is C15H15FN2. The molecule has 1 heterocycles. The van der Waals surface area contributed by atoms with Crippen LogP contribution in [0, 0.1) is 5.82 Å². The summed E-state index contributed by atoms with van der Waals surface area (Å²) in [5.41, 5.74) is 9.45. The van der Waals surface area contributed by atoms with E-state index in [1.54, 1.807) is 0 Å². The van der Waals surface area contributed by atoms with E-state index in [1.807, 2.05) is 12.1 Å². The van der Waals surface area contributed by atoms with Crippen LogP contribution < -0.4 is 5.73 Å². The van der Waals surface area contributed by atoms with Gasteiger partial charge in [0.1, 0.15) is 5.82 Å². The van der Waals surface area contributed by atoms with Gasteiger partial charge in [-0.15, -0.1) is 0 Å². The zero-order valence-corrected chi connectivity index (χ0v) is 10.3. The van der Waals surface area contributed by atoms with Crippen molar-refractivity contribution in [2.45, 2.75) is 25.2 Å². The number of halogens is 1. The zero-order valence-electron chi connectivity index (χ0n) is 10.3. The lowest BCUT2D eigenvalue weighted by atomic mass is 9.96. The monoisotopic (exact) mass is 242 g/mol. The van der Waals surface area contributed by atoms with Crippen LogP contribution in [0.5, 0.6) is 0 Å². The molecule has 1 aliphatic rings. The number of benzene rings is 1. The molecule has 1 fully saturated rings. The van der Waals surface area contributed by atoms with Crippen LogP contribution >= 0.6 is 0 Å². The fourth-order valence-electron chi connectivity index (χ4n) is 2.20. The van der Waals surface area contributed by atoms with Crippen molar-refractivity contribution >= 4 is 5.69 Å². The van der Waals surface area contributed by atoms with Crippen LogP contribution in [0.15, 0.2) is 36.5 Å². The van der Waals surface area contributed by atoms with E-state index in [2.05, 4.69) is 24.0 Å². The van der Waals surface area contributed by atoms with Crippen molar-refractivity contribution in [1.29, 1.82) is 0 Å². The number of rotatable bonds is 2. The molecule has 0 saturated heterocycles. The molecule has 1 aliphatic carbocycles. The van der Waals surface area contributed by atoms with Crippen LogP contribution in [-0.2, 0) is 5.41 Å². The average Bonchev–Trinajstić information content (AvgIpc) is 3.09. The quantitative estimate of drug-likeness (QED) is 0.875. The molecule has 2 aromatic rings. The summed E-state index contributed by atoms with van der Waals surface area (Å²) in [7, 11) is 0. The number of aromatic nitrogens is 1. The molecular weight excluding hydrogens is 227 g/mol. The highest BCUT2D eigenvalue weighted by molar-refractivity contribution is 5.72. The lowest BCUT2D eigenvalue weighted by Crippen LogP contribution is -1.99. The summed E-state index contributed by atoms with van der Waals surface area (Å²) in [6.45, 7) is 2.27. The minimum absolute atomic E-state index is 0.361. The molecule has 0 unspecified atom stereocenters. The van der Waals surface area contributed by atoms with Crippen molar-refractivity contribution in [1.82, 2.24) is 4.98 Å². The van der Waals surface area contributed by atoms with Crippen molar-refractivity contribution in [2.75, 3.05) is 5.73 Å². The summed E-state index contributed by atoms with van der Waals surface area (Å²) >= 11 is 0. The van der Waals surface area contributed by atoms with Crippen LogP contribution in [0.2, 0.25) is 0 Å². The summed E-state index contributed by atoms with van der Waals surface area (Å²) in [5, 5.41) is 0. The second kappa shape index (κ2) is 3.80. The topological polar surface area (TPSA) is 38.9 Å². The second-order valence-corrected chi connectivity index (χ2v) is 5.23. The van der Waals surface area contributed by atoms with Crippen LogP contribution in [0.4, 0.5) is 10.1 Å². The number of pyridine rings is 1. The van der Waals surface area contributed by atoms with E-state index in [4.69, 9.17) is 5.73 Å². The normalized spacial score (nSPS) is 16.6. The highest BCUT2D eigenvalue weighted by Gasteiger charge is 2.38. The van der Waals surface area contributed by atoms with Gasteiger partial charge in [-0.25, -0.2) is 4.39 Å². The van der Waals surface area contributed by atoms with Gasteiger partial charge in [-0.05, 0) is 23.8 Å². The molecule has 0 atom stereocenters. The molecule has 1 aromatic carbocycles. The van der Waals surface area contributed by atoms with Crippen LogP contribution in [-0.4, -0.2) is 4.98 Å². The molecule has 2 nitrogen and oxygen atoms in total. The molecule has 1 aromatic heterocycles. The minimum atomic E-state index is -0.404. The molecule has 3 rings (SSSR count). The SMILES string of the molecule is CC1(c2ccc(-c3ncc(F)cc3N)cc2)CC1. The lowest BCUT2D eigenvalue weighted by Gasteiger charge is -2.10.